The minimum Gasteiger partial charge on any atom is -0.454 e. The quantitative estimate of drug-likeness (QED) is 0.480. The van der Waals surface area contributed by atoms with E-state index in [-0.39, 0.29) is 29.0 Å². The Morgan fingerprint density at radius 3 is 2.28 bits per heavy atom. The van der Waals surface area contributed by atoms with E-state index in [1.807, 2.05) is 0 Å². The number of ether oxygens (including phenoxy) is 2. The van der Waals surface area contributed by atoms with Crippen molar-refractivity contribution in [1.29, 1.82) is 0 Å². The molecule has 8 heteroatoms. The maximum Gasteiger partial charge on any atom is 0.417 e. The Morgan fingerprint density at radius 1 is 0.906 bits per heavy atom. The molecule has 0 N–H and O–H groups in total. The second kappa shape index (κ2) is 6.17. The Kier molecular flexibility index (Phi) is 3.62. The third kappa shape index (κ3) is 2.64. The molecule has 5 nitrogen and oxygen atoms in total. The fraction of sp³-hybridized carbons (Fsp3) is 0.500. The first-order valence-electron chi connectivity index (χ1n) is 11.2. The predicted molar refractivity (Wildman–Crippen MR) is 108 cm³/mol. The molecule has 0 unspecified atom stereocenters. The Balaban J connectivity index is 1.40. The molecule has 1 aliphatic heterocycles. The van der Waals surface area contributed by atoms with Crippen molar-refractivity contribution in [3.63, 3.8) is 0 Å². The molecular formula is C24H21F3N2O3. The van der Waals surface area contributed by atoms with E-state index in [1.54, 1.807) is 18.2 Å². The Bertz CT molecular complexity index is 1210. The van der Waals surface area contributed by atoms with Crippen molar-refractivity contribution in [2.24, 2.45) is 17.8 Å². The van der Waals surface area contributed by atoms with Crippen molar-refractivity contribution >= 4 is 11.1 Å². The lowest BCUT2D eigenvalue weighted by molar-refractivity contribution is -0.136. The summed E-state index contributed by atoms with van der Waals surface area (Å²) in [5, 5.41) is 3.93. The van der Waals surface area contributed by atoms with Gasteiger partial charge in [0.1, 0.15) is 5.69 Å². The predicted octanol–water partition coefficient (Wildman–Crippen LogP) is 6.11. The molecule has 4 aliphatic carbocycles. The van der Waals surface area contributed by atoms with Crippen LogP contribution in [0.2, 0.25) is 0 Å². The maximum atomic E-state index is 14.3. The minimum absolute atomic E-state index is 0.0433. The number of hydrogen-bond acceptors (Lipinski definition) is 5. The van der Waals surface area contributed by atoms with Crippen LogP contribution in [0, 0.1) is 17.8 Å². The van der Waals surface area contributed by atoms with Gasteiger partial charge in [-0.2, -0.15) is 13.2 Å². The number of rotatable bonds is 2. The van der Waals surface area contributed by atoms with Crippen molar-refractivity contribution in [1.82, 2.24) is 10.1 Å². The third-order valence-corrected chi connectivity index (χ3v) is 7.98. The molecule has 4 bridgehead atoms. The van der Waals surface area contributed by atoms with Gasteiger partial charge in [-0.25, -0.2) is 4.98 Å². The molecule has 0 radical (unpaired) electrons. The first kappa shape index (κ1) is 18.8. The molecule has 1 aromatic carbocycles. The van der Waals surface area contributed by atoms with E-state index >= 15 is 0 Å². The average molecular weight is 442 g/mol. The Hall–Kier alpha value is -2.77. The monoisotopic (exact) mass is 442 g/mol. The van der Waals surface area contributed by atoms with Crippen molar-refractivity contribution in [3.05, 3.63) is 35.5 Å². The average Bonchev–Trinajstić information content (AvgIpc) is 3.37. The lowest BCUT2D eigenvalue weighted by Gasteiger charge is -2.56. The summed E-state index contributed by atoms with van der Waals surface area (Å²) in [4.78, 5) is 4.67. The Labute approximate surface area is 181 Å². The molecule has 166 valence electrons. The number of fused-ring (bicyclic) bond motifs is 2. The van der Waals surface area contributed by atoms with Crippen LogP contribution in [0.4, 0.5) is 13.2 Å². The highest BCUT2D eigenvalue weighted by Crippen LogP contribution is 2.61. The van der Waals surface area contributed by atoms with Crippen molar-refractivity contribution in [3.8, 4) is 22.8 Å². The fourth-order valence-corrected chi connectivity index (χ4v) is 7.11. The van der Waals surface area contributed by atoms with Gasteiger partial charge in [0.15, 0.2) is 11.5 Å². The van der Waals surface area contributed by atoms with Crippen LogP contribution in [0.1, 0.15) is 49.8 Å². The molecular weight excluding hydrogens is 421 g/mol. The zero-order valence-electron chi connectivity index (χ0n) is 17.2. The molecule has 4 saturated carbocycles. The van der Waals surface area contributed by atoms with Gasteiger partial charge in [0.05, 0.1) is 16.6 Å². The normalized spacial score (nSPS) is 30.4. The van der Waals surface area contributed by atoms with E-state index in [9.17, 15) is 13.2 Å². The highest BCUT2D eigenvalue weighted by molar-refractivity contribution is 5.93. The largest absolute Gasteiger partial charge is 0.454 e. The molecule has 0 atom stereocenters. The lowest BCUT2D eigenvalue weighted by atomic mass is 9.48. The second-order valence-corrected chi connectivity index (χ2v) is 10.0. The van der Waals surface area contributed by atoms with Crippen LogP contribution in [0.15, 0.2) is 28.8 Å². The van der Waals surface area contributed by atoms with E-state index in [2.05, 4.69) is 10.1 Å². The van der Waals surface area contributed by atoms with Crippen molar-refractivity contribution in [2.45, 2.75) is 50.1 Å². The number of hydrogen-bond donors (Lipinski definition) is 0. The van der Waals surface area contributed by atoms with E-state index < -0.39 is 11.7 Å². The number of aromatic nitrogens is 2. The van der Waals surface area contributed by atoms with Crippen LogP contribution in [-0.2, 0) is 11.6 Å². The van der Waals surface area contributed by atoms with Crippen LogP contribution in [-0.4, -0.2) is 16.9 Å². The topological polar surface area (TPSA) is 57.4 Å². The fourth-order valence-electron chi connectivity index (χ4n) is 7.11. The van der Waals surface area contributed by atoms with Gasteiger partial charge in [-0.05, 0) is 80.5 Å². The van der Waals surface area contributed by atoms with E-state index in [0.717, 1.165) is 19.3 Å². The number of alkyl halides is 3. The number of benzene rings is 1. The molecule has 8 rings (SSSR count). The molecule has 3 heterocycles. The summed E-state index contributed by atoms with van der Waals surface area (Å²) in [6.07, 6.45) is 1.88. The second-order valence-electron chi connectivity index (χ2n) is 10.0. The van der Waals surface area contributed by atoms with Gasteiger partial charge in [0.2, 0.25) is 6.79 Å². The molecule has 4 fully saturated rings. The minimum atomic E-state index is -4.55. The smallest absolute Gasteiger partial charge is 0.417 e. The summed E-state index contributed by atoms with van der Waals surface area (Å²) in [5.74, 6) is 2.84. The first-order valence-corrected chi connectivity index (χ1v) is 11.2. The number of pyridine rings is 1. The zero-order chi connectivity index (χ0) is 21.7. The van der Waals surface area contributed by atoms with Gasteiger partial charge in [-0.15, -0.1) is 0 Å². The van der Waals surface area contributed by atoms with Crippen LogP contribution < -0.4 is 9.47 Å². The van der Waals surface area contributed by atoms with Crippen molar-refractivity contribution < 1.29 is 27.2 Å². The highest BCUT2D eigenvalue weighted by Gasteiger charge is 2.53. The van der Waals surface area contributed by atoms with Gasteiger partial charge in [-0.3, -0.25) is 0 Å². The molecule has 0 amide bonds. The van der Waals surface area contributed by atoms with Crippen LogP contribution in [0.5, 0.6) is 11.5 Å². The molecule has 5 aliphatic rings. The standard InChI is InChI=1S/C24H21F3N2O3/c25-24(26,27)16-7-19(23-8-12-3-13(9-23)5-14(4-12)10-23)28-22-20(16)21(29-32-22)15-1-2-17-18(6-15)31-11-30-17/h1-2,6-7,12-14H,3-5,8-11H2. The molecule has 0 spiro atoms. The number of halogens is 3. The van der Waals surface area contributed by atoms with E-state index in [0.29, 0.717) is 40.5 Å². The highest BCUT2D eigenvalue weighted by atomic mass is 19.4. The first-order chi connectivity index (χ1) is 15.4. The van der Waals surface area contributed by atoms with Crippen molar-refractivity contribution in [2.75, 3.05) is 6.79 Å². The van der Waals surface area contributed by atoms with Crippen LogP contribution in [0.3, 0.4) is 0 Å². The molecule has 2 aromatic heterocycles. The number of nitrogens with zero attached hydrogens (tertiary/aromatic N) is 2. The molecule has 32 heavy (non-hydrogen) atoms. The van der Waals surface area contributed by atoms with Crippen LogP contribution in [0.25, 0.3) is 22.4 Å². The maximum absolute atomic E-state index is 14.3. The van der Waals surface area contributed by atoms with Gasteiger partial charge in [0.25, 0.3) is 5.71 Å². The molecule has 0 saturated heterocycles. The zero-order valence-corrected chi connectivity index (χ0v) is 17.2. The Morgan fingerprint density at radius 2 is 1.59 bits per heavy atom. The van der Waals surface area contributed by atoms with Crippen LogP contribution >= 0.6 is 0 Å². The third-order valence-electron chi connectivity index (χ3n) is 7.98. The van der Waals surface area contributed by atoms with Gasteiger partial charge in [-0.1, -0.05) is 5.16 Å². The summed E-state index contributed by atoms with van der Waals surface area (Å²) in [6, 6.07) is 6.25. The summed E-state index contributed by atoms with van der Waals surface area (Å²) < 4.78 is 59.1. The molecule has 3 aromatic rings. The summed E-state index contributed by atoms with van der Waals surface area (Å²) in [6.45, 7) is 0.0854. The summed E-state index contributed by atoms with van der Waals surface area (Å²) >= 11 is 0. The van der Waals surface area contributed by atoms with Gasteiger partial charge >= 0.3 is 6.18 Å². The SMILES string of the molecule is FC(F)(F)c1cc(C23CC4CC(CC(C4)C2)C3)nc2onc(-c3ccc4c(c3)OCO4)c12. The van der Waals surface area contributed by atoms with Gasteiger partial charge in [0, 0.05) is 11.0 Å². The van der Waals surface area contributed by atoms with Gasteiger partial charge < -0.3 is 14.0 Å². The van der Waals surface area contributed by atoms with E-state index in [4.69, 9.17) is 14.0 Å². The summed E-state index contributed by atoms with van der Waals surface area (Å²) in [5.41, 5.74) is 0.0949. The lowest BCUT2D eigenvalue weighted by Crippen LogP contribution is -2.49. The summed E-state index contributed by atoms with van der Waals surface area (Å²) in [7, 11) is 0. The van der Waals surface area contributed by atoms with E-state index in [1.165, 1.54) is 25.3 Å².